The molecule has 102 valence electrons. The van der Waals surface area contributed by atoms with E-state index in [2.05, 4.69) is 74.2 Å². The summed E-state index contributed by atoms with van der Waals surface area (Å²) in [7, 11) is -1.32. The largest absolute Gasteiger partial charge is 0.144 e. The van der Waals surface area contributed by atoms with Gasteiger partial charge in [-0.05, 0) is 18.2 Å². The molecule has 0 saturated heterocycles. The average Bonchev–Trinajstić information content (AvgIpc) is 2.79. The molecule has 2 aromatic carbocycles. The molecular formula is C17H18S2Si. The molecule has 0 unspecified atom stereocenters. The van der Waals surface area contributed by atoms with Crippen molar-refractivity contribution in [2.24, 2.45) is 0 Å². The molecule has 0 amide bonds. The summed E-state index contributed by atoms with van der Waals surface area (Å²) in [6.07, 6.45) is 0. The van der Waals surface area contributed by atoms with E-state index in [4.69, 9.17) is 0 Å². The van der Waals surface area contributed by atoms with Crippen LogP contribution in [0.5, 0.6) is 0 Å². The maximum Gasteiger partial charge on any atom is 0.0919 e. The molecule has 3 rings (SSSR count). The molecule has 0 bridgehead atoms. The Hall–Kier alpha value is -1.03. The van der Waals surface area contributed by atoms with Gasteiger partial charge in [-0.15, -0.1) is 11.3 Å². The lowest BCUT2D eigenvalue weighted by Gasteiger charge is -2.16. The highest BCUT2D eigenvalue weighted by atomic mass is 32.2. The first-order valence-corrected chi connectivity index (χ1v) is 11.9. The van der Waals surface area contributed by atoms with Gasteiger partial charge in [0, 0.05) is 24.4 Å². The van der Waals surface area contributed by atoms with Gasteiger partial charge in [-0.25, -0.2) is 0 Å². The van der Waals surface area contributed by atoms with Crippen molar-refractivity contribution < 1.29 is 0 Å². The van der Waals surface area contributed by atoms with Crippen LogP contribution < -0.4 is 4.50 Å². The summed E-state index contributed by atoms with van der Waals surface area (Å²) in [4.78, 5) is 2.81. The first-order valence-electron chi connectivity index (χ1n) is 6.80. The maximum atomic E-state index is 2.44. The van der Waals surface area contributed by atoms with Gasteiger partial charge in [0.05, 0.1) is 8.07 Å². The molecule has 0 N–H and O–H groups in total. The van der Waals surface area contributed by atoms with Crippen molar-refractivity contribution in [2.45, 2.75) is 29.4 Å². The van der Waals surface area contributed by atoms with Gasteiger partial charge in [0.2, 0.25) is 0 Å². The first-order chi connectivity index (χ1) is 9.55. The Morgan fingerprint density at radius 3 is 2.20 bits per heavy atom. The molecule has 0 radical (unpaired) electrons. The number of benzene rings is 2. The zero-order valence-electron chi connectivity index (χ0n) is 12.0. The SMILES string of the molecule is C[Si](C)(C)c1sc2ccccc2c1Sc1ccccc1. The number of thiophene rings is 1. The molecule has 3 heteroatoms. The molecule has 1 aromatic heterocycles. The van der Waals surface area contributed by atoms with Crippen molar-refractivity contribution in [3.63, 3.8) is 0 Å². The number of rotatable bonds is 3. The molecule has 0 atom stereocenters. The van der Waals surface area contributed by atoms with Crippen LogP contribution in [0.25, 0.3) is 10.1 Å². The smallest absolute Gasteiger partial charge is 0.0919 e. The second-order valence-corrected chi connectivity index (χ2v) is 13.4. The van der Waals surface area contributed by atoms with E-state index in [0.29, 0.717) is 0 Å². The molecule has 0 fully saturated rings. The van der Waals surface area contributed by atoms with Gasteiger partial charge in [0.25, 0.3) is 0 Å². The van der Waals surface area contributed by atoms with E-state index in [0.717, 1.165) is 0 Å². The van der Waals surface area contributed by atoms with Crippen LogP contribution >= 0.6 is 23.1 Å². The van der Waals surface area contributed by atoms with Crippen LogP contribution in [0, 0.1) is 0 Å². The molecular weight excluding hydrogens is 296 g/mol. The van der Waals surface area contributed by atoms with Crippen molar-refractivity contribution in [3.05, 3.63) is 54.6 Å². The lowest BCUT2D eigenvalue weighted by atomic mass is 10.3. The van der Waals surface area contributed by atoms with Gasteiger partial charge in [0.15, 0.2) is 0 Å². The Balaban J connectivity index is 2.16. The van der Waals surface area contributed by atoms with E-state index >= 15 is 0 Å². The molecule has 0 aliphatic rings. The third kappa shape index (κ3) is 2.71. The fourth-order valence-corrected chi connectivity index (χ4v) is 7.74. The maximum absolute atomic E-state index is 2.44. The molecule has 20 heavy (non-hydrogen) atoms. The Morgan fingerprint density at radius 2 is 1.50 bits per heavy atom. The zero-order chi connectivity index (χ0) is 14.2. The minimum absolute atomic E-state index is 1.32. The Morgan fingerprint density at radius 1 is 0.850 bits per heavy atom. The quantitative estimate of drug-likeness (QED) is 0.567. The Labute approximate surface area is 129 Å². The van der Waals surface area contributed by atoms with E-state index in [1.165, 1.54) is 19.9 Å². The lowest BCUT2D eigenvalue weighted by molar-refractivity contribution is 1.45. The number of hydrogen-bond donors (Lipinski definition) is 0. The third-order valence-corrected chi connectivity index (χ3v) is 9.38. The van der Waals surface area contributed by atoms with Gasteiger partial charge in [-0.3, -0.25) is 0 Å². The molecule has 3 aromatic rings. The topological polar surface area (TPSA) is 0 Å². The van der Waals surface area contributed by atoms with Crippen molar-refractivity contribution in [2.75, 3.05) is 0 Å². The second kappa shape index (κ2) is 5.39. The fourth-order valence-electron chi connectivity index (χ4n) is 2.22. The third-order valence-electron chi connectivity index (χ3n) is 3.19. The van der Waals surface area contributed by atoms with E-state index in [1.807, 2.05) is 23.1 Å². The second-order valence-electron chi connectivity index (χ2n) is 5.92. The Bertz CT molecular complexity index is 724. The summed E-state index contributed by atoms with van der Waals surface area (Å²) in [5.41, 5.74) is 0. The molecule has 0 aliphatic heterocycles. The van der Waals surface area contributed by atoms with E-state index in [9.17, 15) is 0 Å². The predicted molar refractivity (Wildman–Crippen MR) is 95.4 cm³/mol. The van der Waals surface area contributed by atoms with Gasteiger partial charge in [-0.1, -0.05) is 67.8 Å². The summed E-state index contributed by atoms with van der Waals surface area (Å²) in [5, 5.41) is 1.42. The van der Waals surface area contributed by atoms with Crippen LogP contribution in [0.15, 0.2) is 64.4 Å². The summed E-state index contributed by atoms with van der Waals surface area (Å²) in [5.74, 6) is 0. The monoisotopic (exact) mass is 314 g/mol. The Kier molecular flexibility index (Phi) is 3.76. The van der Waals surface area contributed by atoms with Gasteiger partial charge < -0.3 is 0 Å². The highest BCUT2D eigenvalue weighted by molar-refractivity contribution is 8.00. The normalized spacial score (nSPS) is 11.9. The van der Waals surface area contributed by atoms with Gasteiger partial charge >= 0.3 is 0 Å². The van der Waals surface area contributed by atoms with Crippen LogP contribution in [0.2, 0.25) is 19.6 Å². The zero-order valence-corrected chi connectivity index (χ0v) is 14.6. The minimum Gasteiger partial charge on any atom is -0.144 e. The van der Waals surface area contributed by atoms with Crippen molar-refractivity contribution in [1.82, 2.24) is 0 Å². The predicted octanol–water partition coefficient (Wildman–Crippen LogP) is 5.60. The lowest BCUT2D eigenvalue weighted by Crippen LogP contribution is -2.36. The van der Waals surface area contributed by atoms with Gasteiger partial charge in [-0.2, -0.15) is 0 Å². The van der Waals surface area contributed by atoms with Crippen LogP contribution in [0.1, 0.15) is 0 Å². The van der Waals surface area contributed by atoms with E-state index in [1.54, 1.807) is 4.50 Å². The van der Waals surface area contributed by atoms with Crippen molar-refractivity contribution in [1.29, 1.82) is 0 Å². The highest BCUT2D eigenvalue weighted by Crippen LogP contribution is 2.37. The highest BCUT2D eigenvalue weighted by Gasteiger charge is 2.25. The van der Waals surface area contributed by atoms with Crippen LogP contribution in [0.4, 0.5) is 0 Å². The van der Waals surface area contributed by atoms with Crippen LogP contribution in [-0.4, -0.2) is 8.07 Å². The molecule has 0 aliphatic carbocycles. The number of hydrogen-bond acceptors (Lipinski definition) is 2. The van der Waals surface area contributed by atoms with Crippen LogP contribution in [-0.2, 0) is 0 Å². The fraction of sp³-hybridized carbons (Fsp3) is 0.176. The number of fused-ring (bicyclic) bond motifs is 1. The summed E-state index contributed by atoms with van der Waals surface area (Å²) < 4.78 is 3.04. The summed E-state index contributed by atoms with van der Waals surface area (Å²) in [6, 6.07) is 19.5. The standard InChI is InChI=1S/C17H18S2Si/c1-20(2,3)17-16(18-13-9-5-4-6-10-13)14-11-7-8-12-15(14)19-17/h4-12H,1-3H3. The summed E-state index contributed by atoms with van der Waals surface area (Å²) in [6.45, 7) is 7.31. The summed E-state index contributed by atoms with van der Waals surface area (Å²) >= 11 is 3.91. The van der Waals surface area contributed by atoms with Crippen molar-refractivity contribution >= 4 is 45.8 Å². The van der Waals surface area contributed by atoms with Crippen molar-refractivity contribution in [3.8, 4) is 0 Å². The van der Waals surface area contributed by atoms with Crippen LogP contribution in [0.3, 0.4) is 0 Å². The minimum atomic E-state index is -1.32. The van der Waals surface area contributed by atoms with E-state index in [-0.39, 0.29) is 0 Å². The molecule has 1 heterocycles. The average molecular weight is 315 g/mol. The van der Waals surface area contributed by atoms with Gasteiger partial charge in [0.1, 0.15) is 0 Å². The molecule has 0 nitrogen and oxygen atoms in total. The molecule has 0 spiro atoms. The first kappa shape index (κ1) is 13.9. The molecule has 0 saturated carbocycles. The van der Waals surface area contributed by atoms with E-state index < -0.39 is 8.07 Å².